The Morgan fingerprint density at radius 2 is 1.84 bits per heavy atom. The SMILES string of the molecule is O=C(Nc1cc([N+](=O)[O-])ccc1Cl)C1CCCN(S(=O)(=O)Cc2ccc(Cl)c(Cl)c2)C1. The van der Waals surface area contributed by atoms with Crippen molar-refractivity contribution in [3.8, 4) is 0 Å². The third kappa shape index (κ3) is 5.87. The fourth-order valence-corrected chi connectivity index (χ4v) is 5.38. The van der Waals surface area contributed by atoms with Crippen LogP contribution in [0.3, 0.4) is 0 Å². The number of non-ortho nitro benzene ring substituents is 1. The molecule has 1 unspecified atom stereocenters. The van der Waals surface area contributed by atoms with E-state index in [0.29, 0.717) is 30.0 Å². The van der Waals surface area contributed by atoms with Gasteiger partial charge in [0.25, 0.3) is 5.69 Å². The predicted molar refractivity (Wildman–Crippen MR) is 120 cm³/mol. The number of hydrogen-bond acceptors (Lipinski definition) is 5. The van der Waals surface area contributed by atoms with Crippen LogP contribution in [0.2, 0.25) is 15.1 Å². The highest BCUT2D eigenvalue weighted by Gasteiger charge is 2.33. The Morgan fingerprint density at radius 3 is 2.52 bits per heavy atom. The first kappa shape index (κ1) is 23.7. The summed E-state index contributed by atoms with van der Waals surface area (Å²) in [6.45, 7) is 0.299. The van der Waals surface area contributed by atoms with Crippen molar-refractivity contribution in [2.24, 2.45) is 5.92 Å². The number of nitro groups is 1. The Kier molecular flexibility index (Phi) is 7.43. The van der Waals surface area contributed by atoms with Crippen LogP contribution in [-0.4, -0.2) is 36.6 Å². The number of nitro benzene ring substituents is 1. The van der Waals surface area contributed by atoms with Crippen LogP contribution in [0.5, 0.6) is 0 Å². The quantitative estimate of drug-likeness (QED) is 0.450. The van der Waals surface area contributed by atoms with Gasteiger partial charge in [0.05, 0.1) is 37.3 Å². The molecule has 1 heterocycles. The highest BCUT2D eigenvalue weighted by molar-refractivity contribution is 7.88. The molecule has 0 aromatic heterocycles. The molecule has 0 saturated carbocycles. The number of amides is 1. The fraction of sp³-hybridized carbons (Fsp3) is 0.316. The number of nitrogens with one attached hydrogen (secondary N) is 1. The first-order valence-electron chi connectivity index (χ1n) is 9.23. The van der Waals surface area contributed by atoms with Crippen molar-refractivity contribution in [2.75, 3.05) is 18.4 Å². The van der Waals surface area contributed by atoms with Crippen LogP contribution in [0, 0.1) is 16.0 Å². The van der Waals surface area contributed by atoms with Crippen LogP contribution >= 0.6 is 34.8 Å². The lowest BCUT2D eigenvalue weighted by atomic mass is 9.98. The third-order valence-electron chi connectivity index (χ3n) is 4.90. The number of carbonyl (C=O) groups is 1. The molecule has 0 aliphatic carbocycles. The summed E-state index contributed by atoms with van der Waals surface area (Å²) in [6, 6.07) is 8.34. The molecule has 1 amide bonds. The van der Waals surface area contributed by atoms with Crippen molar-refractivity contribution < 1.29 is 18.1 Å². The molecule has 1 saturated heterocycles. The van der Waals surface area contributed by atoms with E-state index in [1.54, 1.807) is 6.07 Å². The zero-order chi connectivity index (χ0) is 22.8. The molecule has 1 N–H and O–H groups in total. The Bertz CT molecular complexity index is 1130. The number of sulfonamides is 1. The molecular weight excluding hydrogens is 489 g/mol. The minimum Gasteiger partial charge on any atom is -0.324 e. The Morgan fingerprint density at radius 1 is 1.13 bits per heavy atom. The topological polar surface area (TPSA) is 110 Å². The minimum atomic E-state index is -3.70. The number of rotatable bonds is 6. The molecule has 166 valence electrons. The summed E-state index contributed by atoms with van der Waals surface area (Å²) < 4.78 is 27.0. The third-order valence-corrected chi connectivity index (χ3v) is 7.79. The Hall–Kier alpha value is -1.91. The Labute approximate surface area is 194 Å². The number of halogens is 3. The summed E-state index contributed by atoms with van der Waals surface area (Å²) >= 11 is 17.9. The van der Waals surface area contributed by atoms with E-state index in [1.165, 1.54) is 34.6 Å². The van der Waals surface area contributed by atoms with Gasteiger partial charge in [-0.05, 0) is 36.6 Å². The van der Waals surface area contributed by atoms with Crippen LogP contribution in [0.4, 0.5) is 11.4 Å². The number of benzene rings is 2. The summed E-state index contributed by atoms with van der Waals surface area (Å²) in [6.07, 6.45) is 0.985. The van der Waals surface area contributed by atoms with Crippen LogP contribution in [-0.2, 0) is 20.6 Å². The summed E-state index contributed by atoms with van der Waals surface area (Å²) in [7, 11) is -3.70. The molecule has 3 rings (SSSR count). The normalized spacial score (nSPS) is 17.3. The van der Waals surface area contributed by atoms with Crippen molar-refractivity contribution in [1.29, 1.82) is 0 Å². The molecule has 0 bridgehead atoms. The van der Waals surface area contributed by atoms with Crippen molar-refractivity contribution in [3.63, 3.8) is 0 Å². The molecule has 1 aliphatic heterocycles. The van der Waals surface area contributed by atoms with Gasteiger partial charge in [-0.1, -0.05) is 40.9 Å². The first-order chi connectivity index (χ1) is 14.6. The highest BCUT2D eigenvalue weighted by atomic mass is 35.5. The molecule has 0 spiro atoms. The molecule has 31 heavy (non-hydrogen) atoms. The number of anilines is 1. The smallest absolute Gasteiger partial charge is 0.271 e. The first-order valence-corrected chi connectivity index (χ1v) is 12.0. The minimum absolute atomic E-state index is 0.00202. The molecule has 2 aromatic rings. The summed E-state index contributed by atoms with van der Waals surface area (Å²) in [4.78, 5) is 23.1. The number of piperidine rings is 1. The lowest BCUT2D eigenvalue weighted by Crippen LogP contribution is -2.44. The maximum Gasteiger partial charge on any atom is 0.271 e. The number of hydrogen-bond donors (Lipinski definition) is 1. The maximum absolute atomic E-state index is 12.9. The van der Waals surface area contributed by atoms with E-state index in [9.17, 15) is 23.3 Å². The standard InChI is InChI=1S/C19H18Cl3N3O5S/c20-15-5-3-12(8-17(15)22)11-31(29,30)24-7-1-2-13(10-24)19(26)23-18-9-14(25(27)28)4-6-16(18)21/h3-6,8-9,13H,1-2,7,10-11H2,(H,23,26). The monoisotopic (exact) mass is 505 g/mol. The van der Waals surface area contributed by atoms with Gasteiger partial charge in [-0.2, -0.15) is 0 Å². The van der Waals surface area contributed by atoms with Gasteiger partial charge in [0.1, 0.15) is 0 Å². The van der Waals surface area contributed by atoms with E-state index in [1.807, 2.05) is 0 Å². The van der Waals surface area contributed by atoms with Crippen LogP contribution < -0.4 is 5.32 Å². The molecule has 1 atom stereocenters. The van der Waals surface area contributed by atoms with E-state index in [-0.39, 0.29) is 33.7 Å². The number of nitrogens with zero attached hydrogens (tertiary/aromatic N) is 2. The average molecular weight is 507 g/mol. The molecule has 2 aromatic carbocycles. The molecule has 12 heteroatoms. The number of carbonyl (C=O) groups excluding carboxylic acids is 1. The highest BCUT2D eigenvalue weighted by Crippen LogP contribution is 2.29. The van der Waals surface area contributed by atoms with E-state index < -0.39 is 26.8 Å². The predicted octanol–water partition coefficient (Wildman–Crippen LogP) is 4.74. The van der Waals surface area contributed by atoms with Crippen molar-refractivity contribution >= 4 is 62.1 Å². The van der Waals surface area contributed by atoms with E-state index in [4.69, 9.17) is 34.8 Å². The zero-order valence-corrected chi connectivity index (χ0v) is 19.1. The summed E-state index contributed by atoms with van der Waals surface area (Å²) in [5, 5.41) is 14.3. The van der Waals surface area contributed by atoms with Crippen LogP contribution in [0.1, 0.15) is 18.4 Å². The largest absolute Gasteiger partial charge is 0.324 e. The fourth-order valence-electron chi connectivity index (χ4n) is 3.30. The van der Waals surface area contributed by atoms with Gasteiger partial charge < -0.3 is 5.32 Å². The van der Waals surface area contributed by atoms with Gasteiger partial charge >= 0.3 is 0 Å². The van der Waals surface area contributed by atoms with Gasteiger partial charge in [-0.25, -0.2) is 12.7 Å². The maximum atomic E-state index is 12.9. The molecule has 8 nitrogen and oxygen atoms in total. The van der Waals surface area contributed by atoms with Gasteiger partial charge in [-0.15, -0.1) is 0 Å². The second-order valence-electron chi connectivity index (χ2n) is 7.11. The lowest BCUT2D eigenvalue weighted by Gasteiger charge is -2.31. The molecule has 0 radical (unpaired) electrons. The van der Waals surface area contributed by atoms with Crippen molar-refractivity contribution in [1.82, 2.24) is 4.31 Å². The van der Waals surface area contributed by atoms with E-state index in [0.717, 1.165) is 0 Å². The van der Waals surface area contributed by atoms with E-state index in [2.05, 4.69) is 5.32 Å². The average Bonchev–Trinajstić information content (AvgIpc) is 2.72. The van der Waals surface area contributed by atoms with E-state index >= 15 is 0 Å². The van der Waals surface area contributed by atoms with Gasteiger partial charge in [0, 0.05) is 25.2 Å². The van der Waals surface area contributed by atoms with Crippen molar-refractivity contribution in [3.05, 3.63) is 67.1 Å². The lowest BCUT2D eigenvalue weighted by molar-refractivity contribution is -0.384. The van der Waals surface area contributed by atoms with Gasteiger partial charge in [-0.3, -0.25) is 14.9 Å². The van der Waals surface area contributed by atoms with Gasteiger partial charge in [0.15, 0.2) is 0 Å². The van der Waals surface area contributed by atoms with Crippen LogP contribution in [0.15, 0.2) is 36.4 Å². The zero-order valence-electron chi connectivity index (χ0n) is 16.1. The van der Waals surface area contributed by atoms with Gasteiger partial charge in [0.2, 0.25) is 15.9 Å². The molecular formula is C19H18Cl3N3O5S. The summed E-state index contributed by atoms with van der Waals surface area (Å²) in [5.41, 5.74) is 0.384. The van der Waals surface area contributed by atoms with Crippen molar-refractivity contribution in [2.45, 2.75) is 18.6 Å². The Balaban J connectivity index is 1.70. The second-order valence-corrected chi connectivity index (χ2v) is 10.3. The second kappa shape index (κ2) is 9.70. The summed E-state index contributed by atoms with van der Waals surface area (Å²) in [5.74, 6) is -1.33. The van der Waals surface area contributed by atoms with Crippen LogP contribution in [0.25, 0.3) is 0 Å². The molecule has 1 aliphatic rings. The molecule has 1 fully saturated rings.